The maximum Gasteiger partial charge on any atom is 0.404 e. The van der Waals surface area contributed by atoms with Crippen molar-refractivity contribution in [2.45, 2.75) is 55.3 Å². The zero-order valence-electron chi connectivity index (χ0n) is 10.3. The molecule has 1 amide bonds. The molecule has 0 saturated heterocycles. The third-order valence-corrected chi connectivity index (χ3v) is 5.74. The van der Waals surface area contributed by atoms with Crippen molar-refractivity contribution < 1.29 is 9.53 Å². The van der Waals surface area contributed by atoms with E-state index in [1.54, 1.807) is 15.8 Å². The van der Waals surface area contributed by atoms with E-state index in [9.17, 15) is 4.79 Å². The molecule has 0 spiro atoms. The number of hydrogen-bond acceptors (Lipinski definition) is 2. The van der Waals surface area contributed by atoms with Gasteiger partial charge in [-0.15, -0.1) is 0 Å². The Morgan fingerprint density at radius 2 is 1.60 bits per heavy atom. The van der Waals surface area contributed by atoms with Crippen LogP contribution in [0.15, 0.2) is 0 Å². The molecule has 0 bridgehead atoms. The van der Waals surface area contributed by atoms with E-state index in [4.69, 9.17) is 0 Å². The van der Waals surface area contributed by atoms with Gasteiger partial charge < -0.3 is 10.5 Å². The molecular weight excluding hydrogens is 297 g/mol. The van der Waals surface area contributed by atoms with Gasteiger partial charge in [-0.05, 0) is 6.92 Å². The van der Waals surface area contributed by atoms with Gasteiger partial charge >= 0.3 is 75.6 Å². The molecule has 0 fully saturated rings. The molecule has 4 heteroatoms. The molecule has 0 rings (SSSR count). The molecule has 2 N–H and O–H groups in total. The van der Waals surface area contributed by atoms with Crippen LogP contribution in [0.1, 0.15) is 46.5 Å². The molecule has 0 heterocycles. The average molecular weight is 322 g/mol. The van der Waals surface area contributed by atoms with Crippen LogP contribution < -0.4 is 5.73 Å². The third-order valence-electron chi connectivity index (χ3n) is 1.70. The number of carbonyl (C=O) groups excluding carboxylic acids is 1. The van der Waals surface area contributed by atoms with Gasteiger partial charge in [0.15, 0.2) is 0 Å². The minimum absolute atomic E-state index is 0.149. The first kappa shape index (κ1) is 17.5. The second kappa shape index (κ2) is 16.5. The first-order valence-corrected chi connectivity index (χ1v) is 9.85. The summed E-state index contributed by atoms with van der Waals surface area (Å²) in [5.41, 5.74) is 4.54. The molecule has 0 aromatic carbocycles. The van der Waals surface area contributed by atoms with Crippen LogP contribution >= 0.6 is 0 Å². The summed E-state index contributed by atoms with van der Waals surface area (Å²) in [4.78, 5) is 9.60. The number of unbranched alkanes of at least 4 members (excludes halogenated alkanes) is 2. The van der Waals surface area contributed by atoms with Crippen LogP contribution in [0.3, 0.4) is 0 Å². The second-order valence-electron chi connectivity index (χ2n) is 3.21. The van der Waals surface area contributed by atoms with E-state index >= 15 is 0 Å². The molecule has 0 atom stereocenters. The van der Waals surface area contributed by atoms with Crippen molar-refractivity contribution in [3.8, 4) is 0 Å². The number of primary amides is 1. The van der Waals surface area contributed by atoms with Gasteiger partial charge in [0.2, 0.25) is 0 Å². The van der Waals surface area contributed by atoms with E-state index in [1.165, 1.54) is 25.7 Å². The number of carbonyl (C=O) groups is 1. The first-order chi connectivity index (χ1) is 7.18. The largest absolute Gasteiger partial charge is 0.450 e. The van der Waals surface area contributed by atoms with Gasteiger partial charge in [-0.25, -0.2) is 4.79 Å². The van der Waals surface area contributed by atoms with Crippen LogP contribution in [0.5, 0.6) is 0 Å². The van der Waals surface area contributed by atoms with Crippen LogP contribution in [0.4, 0.5) is 4.79 Å². The Balaban J connectivity index is 0. The standard InChI is InChI=1S/2C4H9.C3H7NO2.Sn/c2*1-3-4-2;1-2-6-3(4)5;/h2*1,3-4H2,2H3;2H2,1H3,(H2,4,5);. The summed E-state index contributed by atoms with van der Waals surface area (Å²) in [7, 11) is 0. The van der Waals surface area contributed by atoms with E-state index in [0.29, 0.717) is 6.61 Å². The van der Waals surface area contributed by atoms with Crippen molar-refractivity contribution in [1.82, 2.24) is 0 Å². The second-order valence-corrected chi connectivity index (χ2v) is 7.49. The third kappa shape index (κ3) is 24.9. The number of rotatable bonds is 7. The molecule has 0 saturated carbocycles. The predicted molar refractivity (Wildman–Crippen MR) is 66.4 cm³/mol. The SMILES string of the molecule is CCC[CH2][Sn][CH2]CCC.CCOC(N)=O. The van der Waals surface area contributed by atoms with Crippen molar-refractivity contribution in [2.24, 2.45) is 5.73 Å². The van der Waals surface area contributed by atoms with Crippen LogP contribution in [-0.2, 0) is 4.74 Å². The number of nitrogens with two attached hydrogens (primary N) is 1. The molecule has 0 unspecified atom stereocenters. The summed E-state index contributed by atoms with van der Waals surface area (Å²) in [6.07, 6.45) is 5.13. The van der Waals surface area contributed by atoms with Gasteiger partial charge in [-0.3, -0.25) is 0 Å². The van der Waals surface area contributed by atoms with Crippen molar-refractivity contribution >= 4 is 27.2 Å². The first-order valence-electron chi connectivity index (χ1n) is 5.81. The van der Waals surface area contributed by atoms with E-state index in [2.05, 4.69) is 24.3 Å². The molecular formula is C11H25NO2Sn. The molecule has 3 nitrogen and oxygen atoms in total. The van der Waals surface area contributed by atoms with E-state index in [-0.39, 0.29) is 21.1 Å². The van der Waals surface area contributed by atoms with Crippen LogP contribution in [-0.4, -0.2) is 33.8 Å². The Bertz CT molecular complexity index is 126. The Morgan fingerprint density at radius 1 is 1.13 bits per heavy atom. The quantitative estimate of drug-likeness (QED) is 0.578. The molecule has 15 heavy (non-hydrogen) atoms. The summed E-state index contributed by atoms with van der Waals surface area (Å²) < 4.78 is 7.43. The predicted octanol–water partition coefficient (Wildman–Crippen LogP) is 3.23. The normalized spacial score (nSPS) is 9.00. The summed E-state index contributed by atoms with van der Waals surface area (Å²) in [6, 6.07) is 0. The topological polar surface area (TPSA) is 52.3 Å². The minimum atomic E-state index is -0.711. The van der Waals surface area contributed by atoms with Crippen molar-refractivity contribution in [3.63, 3.8) is 0 Å². The van der Waals surface area contributed by atoms with Crippen molar-refractivity contribution in [3.05, 3.63) is 0 Å². The molecule has 0 aromatic heterocycles. The summed E-state index contributed by atoms with van der Waals surface area (Å²) >= 11 is 0.149. The fourth-order valence-electron chi connectivity index (χ4n) is 0.871. The molecule has 0 aliphatic heterocycles. The summed E-state index contributed by atoms with van der Waals surface area (Å²) in [6.45, 7) is 6.64. The van der Waals surface area contributed by atoms with Crippen LogP contribution in [0.25, 0.3) is 0 Å². The molecule has 90 valence electrons. The van der Waals surface area contributed by atoms with E-state index < -0.39 is 6.09 Å². The van der Waals surface area contributed by atoms with Crippen molar-refractivity contribution in [2.75, 3.05) is 6.61 Å². The molecule has 0 aliphatic carbocycles. The van der Waals surface area contributed by atoms with E-state index in [1.807, 2.05) is 0 Å². The van der Waals surface area contributed by atoms with Gasteiger partial charge in [0, 0.05) is 0 Å². The zero-order valence-corrected chi connectivity index (χ0v) is 13.2. The molecule has 0 aromatic rings. The van der Waals surface area contributed by atoms with Gasteiger partial charge in [-0.2, -0.15) is 0 Å². The minimum Gasteiger partial charge on any atom is -0.450 e. The summed E-state index contributed by atoms with van der Waals surface area (Å²) in [5.74, 6) is 0. The van der Waals surface area contributed by atoms with Crippen LogP contribution in [0.2, 0.25) is 8.87 Å². The number of amides is 1. The average Bonchev–Trinajstić information content (AvgIpc) is 2.18. The Kier molecular flexibility index (Phi) is 19.2. The van der Waals surface area contributed by atoms with Gasteiger partial charge in [-0.1, -0.05) is 0 Å². The number of ether oxygens (including phenoxy) is 1. The molecule has 2 radical (unpaired) electrons. The monoisotopic (exact) mass is 323 g/mol. The summed E-state index contributed by atoms with van der Waals surface area (Å²) in [5, 5.41) is 0. The maximum absolute atomic E-state index is 9.60. The zero-order chi connectivity index (χ0) is 11.9. The maximum atomic E-state index is 9.60. The Morgan fingerprint density at radius 3 is 1.80 bits per heavy atom. The van der Waals surface area contributed by atoms with Crippen LogP contribution in [0, 0.1) is 0 Å². The molecule has 0 aliphatic rings. The van der Waals surface area contributed by atoms with Gasteiger partial charge in [0.05, 0.1) is 6.61 Å². The number of hydrogen-bond donors (Lipinski definition) is 1. The Hall–Kier alpha value is 0.0687. The fourth-order valence-corrected chi connectivity index (χ4v) is 5.03. The van der Waals surface area contributed by atoms with Crippen molar-refractivity contribution in [1.29, 1.82) is 0 Å². The smallest absolute Gasteiger partial charge is 0.404 e. The van der Waals surface area contributed by atoms with E-state index in [0.717, 1.165) is 0 Å². The Labute approximate surface area is 104 Å². The van der Waals surface area contributed by atoms with Gasteiger partial charge in [0.1, 0.15) is 0 Å². The van der Waals surface area contributed by atoms with Gasteiger partial charge in [0.25, 0.3) is 0 Å². The fraction of sp³-hybridized carbons (Fsp3) is 0.909.